The van der Waals surface area contributed by atoms with Gasteiger partial charge in [0.05, 0.1) is 5.69 Å². The van der Waals surface area contributed by atoms with Gasteiger partial charge in [0.25, 0.3) is 0 Å². The van der Waals surface area contributed by atoms with Gasteiger partial charge in [-0.3, -0.25) is 0 Å². The Balaban J connectivity index is 2.41. The van der Waals surface area contributed by atoms with Crippen molar-refractivity contribution in [1.82, 2.24) is 4.98 Å². The molecule has 1 aromatic heterocycles. The molecule has 5 heteroatoms. The van der Waals surface area contributed by atoms with Crippen LogP contribution in [0.2, 0.25) is 0 Å². The van der Waals surface area contributed by atoms with Gasteiger partial charge in [-0.15, -0.1) is 0 Å². The topological polar surface area (TPSA) is 50.9 Å². The minimum absolute atomic E-state index is 0.910. The van der Waals surface area contributed by atoms with E-state index in [1.165, 1.54) is 0 Å². The minimum Gasteiger partial charge on any atom is -0.314 e. The van der Waals surface area contributed by atoms with E-state index in [2.05, 4.69) is 26.3 Å². The molecule has 15 heavy (non-hydrogen) atoms. The van der Waals surface area contributed by atoms with Crippen LogP contribution in [0.25, 0.3) is 10.6 Å². The van der Waals surface area contributed by atoms with Crippen LogP contribution in [-0.2, 0) is 0 Å². The maximum Gasteiger partial charge on any atom is 0.126 e. The first-order valence-corrected chi connectivity index (χ1v) is 6.01. The van der Waals surface area contributed by atoms with Crippen molar-refractivity contribution in [3.8, 4) is 10.6 Å². The highest BCUT2D eigenvalue weighted by Crippen LogP contribution is 2.31. The molecule has 0 saturated heterocycles. The highest BCUT2D eigenvalue weighted by atomic mass is 79.9. The zero-order valence-electron chi connectivity index (χ0n) is 8.12. The Kier molecular flexibility index (Phi) is 3.04. The second-order valence-corrected chi connectivity index (χ2v) is 5.00. The fourth-order valence-corrected chi connectivity index (χ4v) is 2.39. The van der Waals surface area contributed by atoms with Gasteiger partial charge < -0.3 is 5.43 Å². The van der Waals surface area contributed by atoms with Crippen molar-refractivity contribution in [3.63, 3.8) is 0 Å². The second-order valence-electron chi connectivity index (χ2n) is 3.08. The number of halogens is 1. The van der Waals surface area contributed by atoms with Crippen molar-refractivity contribution in [3.05, 3.63) is 34.4 Å². The third kappa shape index (κ3) is 2.19. The molecule has 0 amide bonds. The van der Waals surface area contributed by atoms with Gasteiger partial charge in [0.2, 0.25) is 0 Å². The van der Waals surface area contributed by atoms with Crippen LogP contribution in [0.3, 0.4) is 0 Å². The predicted molar refractivity (Wildman–Crippen MR) is 67.8 cm³/mol. The molecule has 0 unspecified atom stereocenters. The van der Waals surface area contributed by atoms with Gasteiger partial charge in [-0.2, -0.15) is 0 Å². The van der Waals surface area contributed by atoms with Crippen molar-refractivity contribution in [2.75, 3.05) is 5.43 Å². The van der Waals surface area contributed by atoms with Gasteiger partial charge >= 0.3 is 0 Å². The van der Waals surface area contributed by atoms with Crippen molar-refractivity contribution in [1.29, 1.82) is 0 Å². The lowest BCUT2D eigenvalue weighted by Gasteiger charge is -1.95. The first-order chi connectivity index (χ1) is 7.20. The third-order valence-electron chi connectivity index (χ3n) is 2.02. The number of hydrogen-bond acceptors (Lipinski definition) is 4. The van der Waals surface area contributed by atoms with E-state index >= 15 is 0 Å². The Labute approximate surface area is 100 Å². The summed E-state index contributed by atoms with van der Waals surface area (Å²) in [5.41, 5.74) is 4.68. The summed E-state index contributed by atoms with van der Waals surface area (Å²) in [6.45, 7) is 1.94. The molecule has 0 fully saturated rings. The molecule has 2 aromatic rings. The number of nitrogens with two attached hydrogens (primary N) is 1. The number of aromatic nitrogens is 1. The molecule has 0 radical (unpaired) electrons. The van der Waals surface area contributed by atoms with Crippen molar-refractivity contribution in [2.45, 2.75) is 6.92 Å². The molecule has 0 bridgehead atoms. The fraction of sp³-hybridized carbons (Fsp3) is 0.100. The first-order valence-electron chi connectivity index (χ1n) is 4.40. The van der Waals surface area contributed by atoms with Crippen LogP contribution in [0.5, 0.6) is 0 Å². The number of anilines is 1. The van der Waals surface area contributed by atoms with E-state index in [1.807, 2.05) is 31.2 Å². The van der Waals surface area contributed by atoms with Gasteiger partial charge in [-0.1, -0.05) is 39.4 Å². The Bertz CT molecular complexity index is 464. The number of benzene rings is 1. The van der Waals surface area contributed by atoms with E-state index < -0.39 is 0 Å². The normalized spacial score (nSPS) is 10.3. The number of nitrogens with one attached hydrogen (secondary N) is 1. The molecular formula is C10H10BrN3S. The lowest BCUT2D eigenvalue weighted by molar-refractivity contribution is 1.24. The maximum absolute atomic E-state index is 5.38. The van der Waals surface area contributed by atoms with Gasteiger partial charge in [-0.25, -0.2) is 10.8 Å². The molecule has 1 heterocycles. The van der Waals surface area contributed by atoms with E-state index in [1.54, 1.807) is 11.3 Å². The van der Waals surface area contributed by atoms with Gasteiger partial charge in [-0.05, 0) is 19.1 Å². The van der Waals surface area contributed by atoms with Crippen molar-refractivity contribution >= 4 is 32.3 Å². The summed E-state index contributed by atoms with van der Waals surface area (Å²) in [7, 11) is 0. The van der Waals surface area contributed by atoms with Crippen LogP contribution in [-0.4, -0.2) is 4.98 Å². The van der Waals surface area contributed by atoms with E-state index in [9.17, 15) is 0 Å². The van der Waals surface area contributed by atoms with E-state index in [0.29, 0.717) is 0 Å². The van der Waals surface area contributed by atoms with E-state index in [-0.39, 0.29) is 0 Å². The Morgan fingerprint density at radius 2 is 2.00 bits per heavy atom. The van der Waals surface area contributed by atoms with Crippen LogP contribution < -0.4 is 11.3 Å². The molecule has 0 aliphatic rings. The summed E-state index contributed by atoms with van der Waals surface area (Å²) < 4.78 is 1.07. The minimum atomic E-state index is 0.910. The molecule has 0 aliphatic carbocycles. The Morgan fingerprint density at radius 1 is 1.33 bits per heavy atom. The summed E-state index contributed by atoms with van der Waals surface area (Å²) in [5, 5.41) is 1.89. The lowest BCUT2D eigenvalue weighted by atomic mass is 10.2. The molecule has 1 aromatic carbocycles. The number of rotatable bonds is 2. The standard InChI is InChI=1S/C10H10BrN3S/c1-6-9(14-12)15-10(13-6)7-2-4-8(11)5-3-7/h2-5,14H,12H2,1H3. The van der Waals surface area contributed by atoms with Crippen LogP contribution in [0, 0.1) is 6.92 Å². The molecule has 0 saturated carbocycles. The van der Waals surface area contributed by atoms with E-state index in [0.717, 1.165) is 25.7 Å². The van der Waals surface area contributed by atoms with Crippen LogP contribution in [0.15, 0.2) is 28.7 Å². The highest BCUT2D eigenvalue weighted by molar-refractivity contribution is 9.10. The van der Waals surface area contributed by atoms with Gasteiger partial charge in [0.1, 0.15) is 10.0 Å². The second kappa shape index (κ2) is 4.30. The summed E-state index contributed by atoms with van der Waals surface area (Å²) in [4.78, 5) is 4.44. The summed E-state index contributed by atoms with van der Waals surface area (Å²) in [6, 6.07) is 8.06. The molecule has 0 spiro atoms. The average Bonchev–Trinajstić information content (AvgIpc) is 2.61. The van der Waals surface area contributed by atoms with Crippen molar-refractivity contribution in [2.24, 2.45) is 5.84 Å². The monoisotopic (exact) mass is 283 g/mol. The van der Waals surface area contributed by atoms with Crippen molar-refractivity contribution < 1.29 is 0 Å². The van der Waals surface area contributed by atoms with E-state index in [4.69, 9.17) is 5.84 Å². The Hall–Kier alpha value is -0.910. The average molecular weight is 284 g/mol. The molecule has 3 nitrogen and oxygen atoms in total. The number of thiazole rings is 1. The predicted octanol–water partition coefficient (Wildman–Crippen LogP) is 3.17. The molecule has 0 aliphatic heterocycles. The Morgan fingerprint density at radius 3 is 2.53 bits per heavy atom. The van der Waals surface area contributed by atoms with Crippen LogP contribution >= 0.6 is 27.3 Å². The maximum atomic E-state index is 5.38. The molecule has 2 rings (SSSR count). The summed E-state index contributed by atoms with van der Waals surface area (Å²) in [5.74, 6) is 5.38. The lowest BCUT2D eigenvalue weighted by Crippen LogP contribution is -2.05. The largest absolute Gasteiger partial charge is 0.314 e. The van der Waals surface area contributed by atoms with Gasteiger partial charge in [0, 0.05) is 10.0 Å². The number of nitrogen functional groups attached to an aromatic ring is 1. The highest BCUT2D eigenvalue weighted by Gasteiger charge is 2.07. The summed E-state index contributed by atoms with van der Waals surface area (Å²) >= 11 is 4.96. The van der Waals surface area contributed by atoms with Crippen LogP contribution in [0.4, 0.5) is 5.00 Å². The third-order valence-corrected chi connectivity index (χ3v) is 3.69. The molecular weight excluding hydrogens is 274 g/mol. The smallest absolute Gasteiger partial charge is 0.126 e. The number of aryl methyl sites for hydroxylation is 1. The number of nitrogens with zero attached hydrogens (tertiary/aromatic N) is 1. The summed E-state index contributed by atoms with van der Waals surface area (Å²) in [6.07, 6.45) is 0. The fourth-order valence-electron chi connectivity index (χ4n) is 1.25. The van der Waals surface area contributed by atoms with Gasteiger partial charge in [0.15, 0.2) is 0 Å². The first kappa shape index (κ1) is 10.6. The molecule has 0 atom stereocenters. The quantitative estimate of drug-likeness (QED) is 0.658. The molecule has 78 valence electrons. The zero-order chi connectivity index (χ0) is 10.8. The molecule has 3 N–H and O–H groups in total. The zero-order valence-corrected chi connectivity index (χ0v) is 10.5. The number of hydrogen-bond donors (Lipinski definition) is 2. The SMILES string of the molecule is Cc1nc(-c2ccc(Br)cc2)sc1NN. The van der Waals surface area contributed by atoms with Crippen LogP contribution in [0.1, 0.15) is 5.69 Å². The number of hydrazine groups is 1.